The van der Waals surface area contributed by atoms with Gasteiger partial charge in [0.2, 0.25) is 0 Å². The van der Waals surface area contributed by atoms with Gasteiger partial charge in [-0.15, -0.1) is 0 Å². The Morgan fingerprint density at radius 2 is 1.67 bits per heavy atom. The molecule has 1 N–H and O–H groups in total. The number of aliphatic carboxylic acids is 1. The Bertz CT molecular complexity index is 95.1. The molecule has 0 aliphatic heterocycles. The third kappa shape index (κ3) is 10.4. The average molecular weight is 239 g/mol. The van der Waals surface area contributed by atoms with E-state index in [1.165, 1.54) is 0 Å². The molecule has 0 spiro atoms. The van der Waals surface area contributed by atoms with Crippen molar-refractivity contribution in [2.75, 3.05) is 0 Å². The molecule has 0 saturated carbocycles. The zero-order valence-corrected chi connectivity index (χ0v) is 4.58. The van der Waals surface area contributed by atoms with E-state index in [1.807, 2.05) is 0 Å². The maximum atomic E-state index is 11.2. The maximum absolute atomic E-state index is 11.2. The molecule has 0 aliphatic rings. The molecule has 0 atom stereocenters. The molecule has 46 valence electrons. The van der Waals surface area contributed by atoms with Gasteiger partial charge >= 0.3 is 91.7 Å². The summed E-state index contributed by atoms with van der Waals surface area (Å²) in [6.45, 7) is 0. The summed E-state index contributed by atoms with van der Waals surface area (Å²) in [4.78, 5) is 5.45. The van der Waals surface area contributed by atoms with Gasteiger partial charge in [-0.25, -0.2) is 4.79 Å². The van der Waals surface area contributed by atoms with Crippen molar-refractivity contribution in [2.24, 2.45) is 0 Å². The Balaban J connectivity index is -0.000000180. The first-order valence-electron chi connectivity index (χ1n) is 1.24. The minimum absolute atomic E-state index is 0. The molecule has 0 aromatic carbocycles. The van der Waals surface area contributed by atoms with Gasteiger partial charge in [-0.2, -0.15) is 8.78 Å². The normalized spacial score (nSPS) is 8.78. The molecule has 0 rings (SSSR count). The summed E-state index contributed by atoms with van der Waals surface area (Å²) in [6, 6.07) is 0. The topological polar surface area (TPSA) is 37.3 Å². The van der Waals surface area contributed by atoms with Crippen LogP contribution in [0.1, 0.15) is 0 Å². The zero-order chi connectivity index (χ0) is 6.08. The molecule has 0 heterocycles. The standard InChI is InChI=1S/C2HBrF2O2.K.Na.2H/c3-2(4,5)1(6)7;;;;/h(H,6,7);;;;. The van der Waals surface area contributed by atoms with Crippen LogP contribution >= 0.6 is 15.9 Å². The molecular formula is C2H3BrF2KNaO2. The van der Waals surface area contributed by atoms with Gasteiger partial charge in [-0.1, -0.05) is 0 Å². The van der Waals surface area contributed by atoms with Crippen LogP contribution in [0.2, 0.25) is 0 Å². The monoisotopic (exact) mass is 238 g/mol. The first-order valence-corrected chi connectivity index (χ1v) is 2.04. The second-order valence-corrected chi connectivity index (χ2v) is 1.80. The van der Waals surface area contributed by atoms with Gasteiger partial charge in [0, 0.05) is 15.9 Å². The Kier molecular flexibility index (Phi) is 13.8. The van der Waals surface area contributed by atoms with Gasteiger partial charge in [-0.05, 0) is 0 Å². The summed E-state index contributed by atoms with van der Waals surface area (Å²) in [5.41, 5.74) is 0. The average Bonchev–Trinajstić information content (AvgIpc) is 1.31. The molecule has 2 nitrogen and oxygen atoms in total. The summed E-state index contributed by atoms with van der Waals surface area (Å²) >= 11 is 1.61. The van der Waals surface area contributed by atoms with E-state index in [9.17, 15) is 13.6 Å². The van der Waals surface area contributed by atoms with Crippen LogP contribution in [0, 0.1) is 0 Å². The van der Waals surface area contributed by atoms with Gasteiger partial charge in [0.05, 0.1) is 0 Å². The SMILES string of the molecule is O=C(O)C(F)(F)Br.[KH].[NaH]. The van der Waals surface area contributed by atoms with Crippen LogP contribution in [-0.2, 0) is 4.79 Å². The molecule has 0 aliphatic carbocycles. The number of alkyl halides is 3. The summed E-state index contributed by atoms with van der Waals surface area (Å²) in [7, 11) is 0. The number of rotatable bonds is 1. The zero-order valence-electron chi connectivity index (χ0n) is 2.99. The van der Waals surface area contributed by atoms with Gasteiger partial charge in [0.25, 0.3) is 0 Å². The van der Waals surface area contributed by atoms with Crippen molar-refractivity contribution >= 4 is 103 Å². The Hall–Kier alpha value is 2.45. The van der Waals surface area contributed by atoms with Crippen molar-refractivity contribution in [1.29, 1.82) is 0 Å². The molecule has 0 aromatic rings. The van der Waals surface area contributed by atoms with Gasteiger partial charge in [0.15, 0.2) is 0 Å². The number of carbonyl (C=O) groups is 1. The predicted octanol–water partition coefficient (Wildman–Crippen LogP) is -0.238. The van der Waals surface area contributed by atoms with Crippen LogP contribution in [0.4, 0.5) is 8.78 Å². The van der Waals surface area contributed by atoms with Crippen LogP contribution in [-0.4, -0.2) is 96.8 Å². The van der Waals surface area contributed by atoms with Gasteiger partial charge in [-0.3, -0.25) is 0 Å². The van der Waals surface area contributed by atoms with E-state index < -0.39 is 10.8 Å². The van der Waals surface area contributed by atoms with E-state index in [1.54, 1.807) is 15.9 Å². The van der Waals surface area contributed by atoms with Crippen LogP contribution in [0.5, 0.6) is 0 Å². The molecule has 0 amide bonds. The number of halogens is 3. The van der Waals surface area contributed by atoms with Gasteiger partial charge in [0.1, 0.15) is 0 Å². The predicted molar refractivity (Wildman–Crippen MR) is 35.8 cm³/mol. The quantitative estimate of drug-likeness (QED) is 0.506. The number of hydrogen-bond acceptors (Lipinski definition) is 1. The van der Waals surface area contributed by atoms with E-state index in [0.717, 1.165) is 0 Å². The molecule has 0 saturated heterocycles. The van der Waals surface area contributed by atoms with E-state index in [2.05, 4.69) is 0 Å². The second-order valence-electron chi connectivity index (χ2n) is 0.803. The summed E-state index contributed by atoms with van der Waals surface area (Å²) in [6.07, 6.45) is 0. The van der Waals surface area contributed by atoms with E-state index in [4.69, 9.17) is 5.11 Å². The summed E-state index contributed by atoms with van der Waals surface area (Å²) < 4.78 is 22.3. The number of carboxylic acid groups (broad SMARTS) is 1. The van der Waals surface area contributed by atoms with E-state index >= 15 is 0 Å². The van der Waals surface area contributed by atoms with Crippen molar-refractivity contribution in [1.82, 2.24) is 0 Å². The molecule has 0 fully saturated rings. The Morgan fingerprint density at radius 3 is 1.67 bits per heavy atom. The van der Waals surface area contributed by atoms with Crippen molar-refractivity contribution in [3.8, 4) is 0 Å². The Morgan fingerprint density at radius 1 is 1.56 bits per heavy atom. The van der Waals surface area contributed by atoms with Crippen LogP contribution in [0.3, 0.4) is 0 Å². The molecular weight excluding hydrogens is 236 g/mol. The number of hydrogen-bond donors (Lipinski definition) is 1. The molecule has 0 aromatic heterocycles. The van der Waals surface area contributed by atoms with Crippen molar-refractivity contribution < 1.29 is 18.7 Å². The fourth-order valence-corrected chi connectivity index (χ4v) is 0. The van der Waals surface area contributed by atoms with E-state index in [-0.39, 0.29) is 80.9 Å². The van der Waals surface area contributed by atoms with Crippen LogP contribution in [0.15, 0.2) is 0 Å². The van der Waals surface area contributed by atoms with Crippen LogP contribution < -0.4 is 0 Å². The molecule has 0 radical (unpaired) electrons. The summed E-state index contributed by atoms with van der Waals surface area (Å²) in [5.74, 6) is -2.17. The third-order valence-corrected chi connectivity index (χ3v) is 0.582. The molecule has 9 heavy (non-hydrogen) atoms. The third-order valence-electron chi connectivity index (χ3n) is 0.243. The molecule has 0 bridgehead atoms. The van der Waals surface area contributed by atoms with E-state index in [0.29, 0.717) is 0 Å². The van der Waals surface area contributed by atoms with Crippen molar-refractivity contribution in [2.45, 2.75) is 4.83 Å². The van der Waals surface area contributed by atoms with Gasteiger partial charge < -0.3 is 5.11 Å². The van der Waals surface area contributed by atoms with Crippen LogP contribution in [0.25, 0.3) is 0 Å². The first kappa shape index (κ1) is 17.5. The molecule has 7 heteroatoms. The first-order chi connectivity index (χ1) is 2.94. The second kappa shape index (κ2) is 7.11. The fraction of sp³-hybridized carbons (Fsp3) is 0.500. The molecule has 0 unspecified atom stereocenters. The summed E-state index contributed by atoms with van der Waals surface area (Å²) in [5, 5.41) is 7.45. The Labute approximate surface area is 124 Å². The minimum atomic E-state index is -3.77. The van der Waals surface area contributed by atoms with Crippen molar-refractivity contribution in [3.05, 3.63) is 0 Å². The fourth-order valence-electron chi connectivity index (χ4n) is 0. The number of carboxylic acids is 1. The van der Waals surface area contributed by atoms with Crippen molar-refractivity contribution in [3.63, 3.8) is 0 Å².